The highest BCUT2D eigenvalue weighted by molar-refractivity contribution is 5.51. The number of rotatable bonds is 8. The number of hydrogen-bond donors (Lipinski definition) is 4. The van der Waals surface area contributed by atoms with Gasteiger partial charge in [-0.3, -0.25) is 9.59 Å². The molecular formula is C23H24O10. The van der Waals surface area contributed by atoms with E-state index in [9.17, 15) is 30.0 Å². The van der Waals surface area contributed by atoms with E-state index in [0.29, 0.717) is 5.75 Å². The molecule has 0 atom stereocenters. The highest BCUT2D eigenvalue weighted by atomic mass is 16.5. The number of aromatic hydroxyl groups is 2. The van der Waals surface area contributed by atoms with Gasteiger partial charge in [-0.15, -0.1) is 0 Å². The van der Waals surface area contributed by atoms with Gasteiger partial charge in [-0.25, -0.2) is 0 Å². The largest absolute Gasteiger partial charge is 0.502 e. The Bertz CT molecular complexity index is 1190. The quantitative estimate of drug-likeness (QED) is 0.391. The molecule has 10 nitrogen and oxygen atoms in total. The molecule has 0 aliphatic heterocycles. The zero-order valence-corrected chi connectivity index (χ0v) is 18.2. The summed E-state index contributed by atoms with van der Waals surface area (Å²) in [6.45, 7) is 2.37. The van der Waals surface area contributed by atoms with Gasteiger partial charge in [0.15, 0.2) is 23.0 Å². The third kappa shape index (κ3) is 4.86. The zero-order valence-electron chi connectivity index (χ0n) is 18.2. The van der Waals surface area contributed by atoms with Crippen molar-refractivity contribution in [1.29, 1.82) is 0 Å². The lowest BCUT2D eigenvalue weighted by Gasteiger charge is -2.20. The lowest BCUT2D eigenvalue weighted by molar-refractivity contribution is 0.224. The minimum absolute atomic E-state index is 0.160. The molecule has 0 spiro atoms. The van der Waals surface area contributed by atoms with Crippen LogP contribution in [-0.4, -0.2) is 33.6 Å². The summed E-state index contributed by atoms with van der Waals surface area (Å²) in [7, 11) is 1.41. The Morgan fingerprint density at radius 3 is 1.79 bits per heavy atom. The van der Waals surface area contributed by atoms with Crippen LogP contribution in [0.25, 0.3) is 0 Å². The number of methoxy groups -OCH3 is 1. The summed E-state index contributed by atoms with van der Waals surface area (Å²) in [5.74, 6) is -3.37. The van der Waals surface area contributed by atoms with Crippen LogP contribution in [0.4, 0.5) is 0 Å². The fraction of sp³-hybridized carbons (Fsp3) is 0.304. The van der Waals surface area contributed by atoms with Crippen molar-refractivity contribution in [3.05, 3.63) is 79.4 Å². The summed E-state index contributed by atoms with van der Waals surface area (Å²) >= 11 is 0. The van der Waals surface area contributed by atoms with E-state index in [1.807, 2.05) is 13.8 Å². The topological polar surface area (TPSA) is 160 Å². The summed E-state index contributed by atoms with van der Waals surface area (Å²) in [4.78, 5) is 24.6. The van der Waals surface area contributed by atoms with Gasteiger partial charge in [0.25, 0.3) is 0 Å². The molecule has 0 radical (unpaired) electrons. The lowest BCUT2D eigenvalue weighted by atomic mass is 9.91. The number of aliphatic hydroxyl groups is 2. The Kier molecular flexibility index (Phi) is 7.10. The predicted molar refractivity (Wildman–Crippen MR) is 115 cm³/mol. The van der Waals surface area contributed by atoms with E-state index in [-0.39, 0.29) is 40.5 Å². The van der Waals surface area contributed by atoms with Gasteiger partial charge in [0.1, 0.15) is 30.7 Å². The third-order valence-electron chi connectivity index (χ3n) is 4.72. The summed E-state index contributed by atoms with van der Waals surface area (Å²) in [5, 5.41) is 40.0. The van der Waals surface area contributed by atoms with Gasteiger partial charge in [0.05, 0.1) is 13.2 Å². The summed E-state index contributed by atoms with van der Waals surface area (Å²) in [6.07, 6.45) is -0.160. The smallest absolute Gasteiger partial charge is 0.227 e. The van der Waals surface area contributed by atoms with Gasteiger partial charge < -0.3 is 38.7 Å². The molecule has 1 aromatic carbocycles. The van der Waals surface area contributed by atoms with Crippen molar-refractivity contribution in [2.75, 3.05) is 7.11 Å². The van der Waals surface area contributed by atoms with Crippen molar-refractivity contribution >= 4 is 0 Å². The first-order valence-corrected chi connectivity index (χ1v) is 9.98. The van der Waals surface area contributed by atoms with Gasteiger partial charge in [0.2, 0.25) is 22.4 Å². The second kappa shape index (κ2) is 9.80. The van der Waals surface area contributed by atoms with E-state index in [2.05, 4.69) is 0 Å². The van der Waals surface area contributed by atoms with Crippen LogP contribution in [0.1, 0.15) is 48.4 Å². The maximum atomic E-state index is 12.3. The van der Waals surface area contributed by atoms with Crippen LogP contribution in [-0.2, 0) is 13.2 Å². The molecular weight excluding hydrogens is 436 g/mol. The van der Waals surface area contributed by atoms with Crippen molar-refractivity contribution in [2.45, 2.75) is 39.1 Å². The second-order valence-corrected chi connectivity index (χ2v) is 7.41. The Morgan fingerprint density at radius 1 is 0.848 bits per heavy atom. The molecule has 10 heteroatoms. The van der Waals surface area contributed by atoms with Gasteiger partial charge in [-0.05, 0) is 31.5 Å². The van der Waals surface area contributed by atoms with Crippen LogP contribution in [0.5, 0.6) is 23.0 Å². The molecule has 0 amide bonds. The summed E-state index contributed by atoms with van der Waals surface area (Å²) in [5.41, 5.74) is -1.42. The molecule has 0 fully saturated rings. The molecule has 3 aromatic rings. The van der Waals surface area contributed by atoms with Crippen molar-refractivity contribution in [3.8, 4) is 23.0 Å². The molecule has 33 heavy (non-hydrogen) atoms. The van der Waals surface area contributed by atoms with Crippen LogP contribution in [0.15, 0.2) is 48.8 Å². The molecule has 0 unspecified atom stereocenters. The molecule has 2 aromatic heterocycles. The fourth-order valence-corrected chi connectivity index (χ4v) is 3.29. The summed E-state index contributed by atoms with van der Waals surface area (Å²) in [6, 6.07) is 6.43. The highest BCUT2D eigenvalue weighted by Crippen LogP contribution is 2.42. The first kappa shape index (κ1) is 23.9. The molecule has 0 bridgehead atoms. The van der Waals surface area contributed by atoms with Crippen LogP contribution in [0.2, 0.25) is 0 Å². The standard InChI is InChI=1S/C23H24O10/c1-11(2)31-17-5-4-12(6-18(17)30-3)19(22-20(28)15(26)7-13(9-24)32-22)23-21(29)16(27)8-14(10-25)33-23/h4-8,11,19,24-25,28-29H,9-10H2,1-3H3. The SMILES string of the molecule is COc1cc(C(c2oc(CO)cc(=O)c2O)c2oc(CO)cc(=O)c2O)ccc1OC(C)C. The van der Waals surface area contributed by atoms with E-state index in [1.165, 1.54) is 13.2 Å². The normalized spacial score (nSPS) is 11.2. The number of aliphatic hydroxyl groups excluding tert-OH is 2. The minimum Gasteiger partial charge on any atom is -0.502 e. The molecule has 176 valence electrons. The Labute approximate surface area is 187 Å². The minimum atomic E-state index is -1.33. The monoisotopic (exact) mass is 460 g/mol. The first-order chi connectivity index (χ1) is 15.7. The van der Waals surface area contributed by atoms with Crippen LogP contribution in [0, 0.1) is 0 Å². The second-order valence-electron chi connectivity index (χ2n) is 7.41. The molecule has 2 heterocycles. The zero-order chi connectivity index (χ0) is 24.3. The Hall–Kier alpha value is -3.76. The van der Waals surface area contributed by atoms with Crippen molar-refractivity contribution in [2.24, 2.45) is 0 Å². The lowest BCUT2D eigenvalue weighted by Crippen LogP contribution is -2.14. The Balaban J connectivity index is 2.36. The number of ether oxygens (including phenoxy) is 2. The number of hydrogen-bond acceptors (Lipinski definition) is 10. The third-order valence-corrected chi connectivity index (χ3v) is 4.72. The Morgan fingerprint density at radius 2 is 1.36 bits per heavy atom. The van der Waals surface area contributed by atoms with Crippen molar-refractivity contribution < 1.29 is 38.7 Å². The van der Waals surface area contributed by atoms with Crippen LogP contribution >= 0.6 is 0 Å². The van der Waals surface area contributed by atoms with Gasteiger partial charge in [-0.1, -0.05) is 6.07 Å². The summed E-state index contributed by atoms with van der Waals surface area (Å²) < 4.78 is 22.2. The average Bonchev–Trinajstić information content (AvgIpc) is 2.79. The van der Waals surface area contributed by atoms with Gasteiger partial charge in [0, 0.05) is 12.1 Å². The fourth-order valence-electron chi connectivity index (χ4n) is 3.29. The highest BCUT2D eigenvalue weighted by Gasteiger charge is 2.32. The maximum Gasteiger partial charge on any atom is 0.227 e. The van der Waals surface area contributed by atoms with E-state index >= 15 is 0 Å². The predicted octanol–water partition coefficient (Wildman–Crippen LogP) is 1.96. The molecule has 0 aliphatic rings. The van der Waals surface area contributed by atoms with Crippen molar-refractivity contribution in [1.82, 2.24) is 0 Å². The molecule has 0 saturated heterocycles. The molecule has 4 N–H and O–H groups in total. The van der Waals surface area contributed by atoms with Crippen LogP contribution in [0.3, 0.4) is 0 Å². The van der Waals surface area contributed by atoms with E-state index in [1.54, 1.807) is 12.1 Å². The number of benzene rings is 1. The van der Waals surface area contributed by atoms with E-state index in [0.717, 1.165) is 12.1 Å². The average molecular weight is 460 g/mol. The first-order valence-electron chi connectivity index (χ1n) is 9.98. The van der Waals surface area contributed by atoms with Crippen LogP contribution < -0.4 is 20.3 Å². The van der Waals surface area contributed by atoms with E-state index in [4.69, 9.17) is 18.3 Å². The van der Waals surface area contributed by atoms with E-state index < -0.39 is 41.5 Å². The molecule has 3 rings (SSSR count). The van der Waals surface area contributed by atoms with Crippen molar-refractivity contribution in [3.63, 3.8) is 0 Å². The van der Waals surface area contributed by atoms with Gasteiger partial charge in [-0.2, -0.15) is 0 Å². The molecule has 0 aliphatic carbocycles. The maximum absolute atomic E-state index is 12.3. The van der Waals surface area contributed by atoms with Gasteiger partial charge >= 0.3 is 0 Å². The molecule has 0 saturated carbocycles.